The molecule has 0 atom stereocenters. The van der Waals surface area contributed by atoms with Crippen LogP contribution in [0, 0.1) is 17.1 Å². The maximum Gasteiger partial charge on any atom is 0.255 e. The van der Waals surface area contributed by atoms with E-state index in [1.807, 2.05) is 0 Å². The van der Waals surface area contributed by atoms with Gasteiger partial charge in [-0.05, 0) is 30.3 Å². The molecule has 3 N–H and O–H groups in total. The van der Waals surface area contributed by atoms with Crippen molar-refractivity contribution < 1.29 is 9.18 Å². The van der Waals surface area contributed by atoms with Gasteiger partial charge in [0.05, 0.1) is 11.3 Å². The largest absolute Gasteiger partial charge is 0.384 e. The molecule has 0 saturated heterocycles. The molecular formula is C13H8ClFN4O. The second kappa shape index (κ2) is 5.55. The number of halogens is 2. The van der Waals surface area contributed by atoms with E-state index in [9.17, 15) is 9.18 Å². The van der Waals surface area contributed by atoms with Gasteiger partial charge in [-0.15, -0.1) is 0 Å². The Labute approximate surface area is 118 Å². The summed E-state index contributed by atoms with van der Waals surface area (Å²) in [7, 11) is 0. The van der Waals surface area contributed by atoms with Crippen LogP contribution in [0.5, 0.6) is 0 Å². The standard InChI is InChI=1S/C13H8ClFN4O/c14-11-4-7(5-12(17)19-11)13(20)18-10-2-1-9(15)3-8(10)6-16/h1-5H,(H2,17,19)(H,18,20). The van der Waals surface area contributed by atoms with Crippen molar-refractivity contribution in [3.8, 4) is 6.07 Å². The van der Waals surface area contributed by atoms with E-state index in [0.717, 1.165) is 12.1 Å². The molecule has 2 aromatic rings. The Morgan fingerprint density at radius 1 is 1.40 bits per heavy atom. The van der Waals surface area contributed by atoms with Crippen molar-refractivity contribution in [2.24, 2.45) is 0 Å². The lowest BCUT2D eigenvalue weighted by molar-refractivity contribution is 0.102. The molecule has 0 radical (unpaired) electrons. The number of nitrogens with one attached hydrogen (secondary N) is 1. The molecule has 20 heavy (non-hydrogen) atoms. The monoisotopic (exact) mass is 290 g/mol. The number of rotatable bonds is 2. The van der Waals surface area contributed by atoms with Gasteiger partial charge in [0, 0.05) is 5.56 Å². The average Bonchev–Trinajstić information content (AvgIpc) is 2.39. The third-order valence-corrected chi connectivity index (χ3v) is 2.62. The van der Waals surface area contributed by atoms with E-state index in [2.05, 4.69) is 10.3 Å². The Balaban J connectivity index is 2.30. The van der Waals surface area contributed by atoms with E-state index in [-0.39, 0.29) is 27.8 Å². The number of carbonyl (C=O) groups is 1. The molecule has 0 bridgehead atoms. The maximum atomic E-state index is 13.0. The van der Waals surface area contributed by atoms with Crippen LogP contribution in [-0.2, 0) is 0 Å². The lowest BCUT2D eigenvalue weighted by Crippen LogP contribution is -2.13. The summed E-state index contributed by atoms with van der Waals surface area (Å²) in [6.07, 6.45) is 0. The molecule has 0 spiro atoms. The van der Waals surface area contributed by atoms with Gasteiger partial charge in [-0.1, -0.05) is 11.6 Å². The van der Waals surface area contributed by atoms with Gasteiger partial charge < -0.3 is 11.1 Å². The fourth-order valence-corrected chi connectivity index (χ4v) is 1.78. The minimum Gasteiger partial charge on any atom is -0.384 e. The number of hydrogen-bond acceptors (Lipinski definition) is 4. The van der Waals surface area contributed by atoms with Crippen LogP contribution < -0.4 is 11.1 Å². The van der Waals surface area contributed by atoms with E-state index < -0.39 is 11.7 Å². The van der Waals surface area contributed by atoms with Gasteiger partial charge in [-0.2, -0.15) is 5.26 Å². The SMILES string of the molecule is N#Cc1cc(F)ccc1NC(=O)c1cc(N)nc(Cl)c1. The summed E-state index contributed by atoms with van der Waals surface area (Å²) in [5.41, 5.74) is 5.90. The highest BCUT2D eigenvalue weighted by Gasteiger charge is 2.11. The highest BCUT2D eigenvalue weighted by atomic mass is 35.5. The van der Waals surface area contributed by atoms with E-state index in [1.165, 1.54) is 18.2 Å². The molecule has 1 aromatic heterocycles. The molecule has 100 valence electrons. The molecule has 0 saturated carbocycles. The summed E-state index contributed by atoms with van der Waals surface area (Å²) >= 11 is 5.70. The summed E-state index contributed by atoms with van der Waals surface area (Å²) in [5.74, 6) is -0.984. The first-order valence-electron chi connectivity index (χ1n) is 5.43. The zero-order valence-corrected chi connectivity index (χ0v) is 10.8. The van der Waals surface area contributed by atoms with Crippen LogP contribution in [0.2, 0.25) is 5.15 Å². The number of nitrogens with zero attached hydrogens (tertiary/aromatic N) is 2. The summed E-state index contributed by atoms with van der Waals surface area (Å²) in [5, 5.41) is 11.5. The Hall–Kier alpha value is -2.65. The van der Waals surface area contributed by atoms with Crippen molar-refractivity contribution in [3.05, 3.63) is 52.4 Å². The Morgan fingerprint density at radius 3 is 2.80 bits per heavy atom. The van der Waals surface area contributed by atoms with Crippen LogP contribution in [0.1, 0.15) is 15.9 Å². The first kappa shape index (κ1) is 13.8. The molecule has 0 aliphatic carbocycles. The van der Waals surface area contributed by atoms with Crippen molar-refractivity contribution in [1.29, 1.82) is 5.26 Å². The lowest BCUT2D eigenvalue weighted by Gasteiger charge is -2.07. The lowest BCUT2D eigenvalue weighted by atomic mass is 10.1. The van der Waals surface area contributed by atoms with Gasteiger partial charge in [0.15, 0.2) is 0 Å². The Kier molecular flexibility index (Phi) is 3.82. The number of aromatic nitrogens is 1. The van der Waals surface area contributed by atoms with Gasteiger partial charge in [0.25, 0.3) is 5.91 Å². The second-order valence-electron chi connectivity index (χ2n) is 3.86. The van der Waals surface area contributed by atoms with Crippen molar-refractivity contribution in [2.75, 3.05) is 11.1 Å². The number of hydrogen-bond donors (Lipinski definition) is 2. The fourth-order valence-electron chi connectivity index (χ4n) is 1.56. The molecular weight excluding hydrogens is 283 g/mol. The van der Waals surface area contributed by atoms with Crippen LogP contribution >= 0.6 is 11.6 Å². The van der Waals surface area contributed by atoms with Gasteiger partial charge in [0.2, 0.25) is 0 Å². The van der Waals surface area contributed by atoms with Gasteiger partial charge >= 0.3 is 0 Å². The van der Waals surface area contributed by atoms with Crippen molar-refractivity contribution in [2.45, 2.75) is 0 Å². The molecule has 0 fully saturated rings. The molecule has 0 aliphatic heterocycles. The van der Waals surface area contributed by atoms with Crippen molar-refractivity contribution in [3.63, 3.8) is 0 Å². The summed E-state index contributed by atoms with van der Waals surface area (Å²) in [6, 6.07) is 7.96. The van der Waals surface area contributed by atoms with Gasteiger partial charge in [-0.25, -0.2) is 9.37 Å². The van der Waals surface area contributed by atoms with E-state index in [1.54, 1.807) is 6.07 Å². The summed E-state index contributed by atoms with van der Waals surface area (Å²) in [4.78, 5) is 15.7. The summed E-state index contributed by atoms with van der Waals surface area (Å²) in [6.45, 7) is 0. The van der Waals surface area contributed by atoms with Crippen molar-refractivity contribution in [1.82, 2.24) is 4.98 Å². The number of carbonyl (C=O) groups excluding carboxylic acids is 1. The maximum absolute atomic E-state index is 13.0. The number of amides is 1. The third-order valence-electron chi connectivity index (χ3n) is 2.43. The van der Waals surface area contributed by atoms with Crippen LogP contribution in [0.25, 0.3) is 0 Å². The smallest absolute Gasteiger partial charge is 0.255 e. The number of nitrogen functional groups attached to an aromatic ring is 1. The summed E-state index contributed by atoms with van der Waals surface area (Å²) < 4.78 is 13.0. The molecule has 1 heterocycles. The number of anilines is 2. The predicted molar refractivity (Wildman–Crippen MR) is 72.7 cm³/mol. The zero-order chi connectivity index (χ0) is 14.7. The number of nitriles is 1. The van der Waals surface area contributed by atoms with Gasteiger partial charge in [0.1, 0.15) is 22.9 Å². The second-order valence-corrected chi connectivity index (χ2v) is 4.25. The highest BCUT2D eigenvalue weighted by molar-refractivity contribution is 6.30. The Bertz CT molecular complexity index is 707. The van der Waals surface area contributed by atoms with Crippen LogP contribution in [0.15, 0.2) is 30.3 Å². The minimum absolute atomic E-state index is 0.0199. The first-order valence-corrected chi connectivity index (χ1v) is 5.81. The molecule has 0 aliphatic rings. The molecule has 1 amide bonds. The van der Waals surface area contributed by atoms with Crippen LogP contribution in [-0.4, -0.2) is 10.9 Å². The predicted octanol–water partition coefficient (Wildman–Crippen LogP) is 2.58. The van der Waals surface area contributed by atoms with Crippen LogP contribution in [0.4, 0.5) is 15.9 Å². The molecule has 7 heteroatoms. The topological polar surface area (TPSA) is 91.8 Å². The quantitative estimate of drug-likeness (QED) is 0.832. The molecule has 0 unspecified atom stereocenters. The van der Waals surface area contributed by atoms with Gasteiger partial charge in [-0.3, -0.25) is 4.79 Å². The number of pyridine rings is 1. The number of benzene rings is 1. The molecule has 5 nitrogen and oxygen atoms in total. The highest BCUT2D eigenvalue weighted by Crippen LogP contribution is 2.18. The Morgan fingerprint density at radius 2 is 2.15 bits per heavy atom. The minimum atomic E-state index is -0.559. The first-order chi connectivity index (χ1) is 9.49. The van der Waals surface area contributed by atoms with E-state index in [4.69, 9.17) is 22.6 Å². The number of nitrogens with two attached hydrogens (primary N) is 1. The molecule has 2 rings (SSSR count). The average molecular weight is 291 g/mol. The zero-order valence-electron chi connectivity index (χ0n) is 10.0. The normalized spacial score (nSPS) is 9.85. The van der Waals surface area contributed by atoms with E-state index in [0.29, 0.717) is 0 Å². The third kappa shape index (κ3) is 3.02. The van der Waals surface area contributed by atoms with E-state index >= 15 is 0 Å². The molecule has 1 aromatic carbocycles. The fraction of sp³-hybridized carbons (Fsp3) is 0. The van der Waals surface area contributed by atoms with Crippen molar-refractivity contribution >= 4 is 29.0 Å². The van der Waals surface area contributed by atoms with Crippen LogP contribution in [0.3, 0.4) is 0 Å².